The molecule has 0 spiro atoms. The molecule has 2 aromatic heterocycles. The Labute approximate surface area is 183 Å². The highest BCUT2D eigenvalue weighted by Crippen LogP contribution is 2.34. The number of benzene rings is 1. The molecule has 10 heteroatoms. The van der Waals surface area contributed by atoms with Gasteiger partial charge in [-0.05, 0) is 36.1 Å². The molecule has 10 nitrogen and oxygen atoms in total. The number of aliphatic hydroxyl groups excluding tert-OH is 2. The molecule has 1 aliphatic heterocycles. The summed E-state index contributed by atoms with van der Waals surface area (Å²) in [6, 6.07) is 7.95. The second kappa shape index (κ2) is 8.94. The first kappa shape index (κ1) is 21.7. The molecule has 0 aliphatic carbocycles. The summed E-state index contributed by atoms with van der Waals surface area (Å²) in [7, 11) is 0. The normalized spacial score (nSPS) is 21.3. The number of hydrogen-bond acceptors (Lipinski definition) is 8. The third-order valence-corrected chi connectivity index (χ3v) is 5.40. The fourth-order valence-corrected chi connectivity index (χ4v) is 3.68. The Morgan fingerprint density at radius 1 is 1.28 bits per heavy atom. The molecule has 1 fully saturated rings. The summed E-state index contributed by atoms with van der Waals surface area (Å²) in [6.07, 6.45) is -0.234. The van der Waals surface area contributed by atoms with Crippen LogP contribution in [0.5, 0.6) is 0 Å². The van der Waals surface area contributed by atoms with Crippen LogP contribution >= 0.6 is 0 Å². The van der Waals surface area contributed by atoms with Crippen molar-refractivity contribution in [3.8, 4) is 11.8 Å². The number of carbonyl (C=O) groups is 1. The van der Waals surface area contributed by atoms with E-state index < -0.39 is 30.4 Å². The molecule has 1 aliphatic rings. The first-order valence-electron chi connectivity index (χ1n) is 10.0. The molecule has 4 atom stereocenters. The lowest BCUT2D eigenvalue weighted by atomic mass is 10.0. The Morgan fingerprint density at radius 2 is 2.03 bits per heavy atom. The highest BCUT2D eigenvalue weighted by Gasteiger charge is 2.36. The van der Waals surface area contributed by atoms with Crippen LogP contribution in [0, 0.1) is 11.8 Å². The second-order valence-corrected chi connectivity index (χ2v) is 7.61. The van der Waals surface area contributed by atoms with Crippen LogP contribution in [0.2, 0.25) is 0 Å². The molecule has 0 saturated carbocycles. The predicted molar refractivity (Wildman–Crippen MR) is 115 cm³/mol. The fraction of sp³-hybridized carbons (Fsp3) is 0.318. The average molecular weight is 437 g/mol. The number of nitrogens with zero attached hydrogens (tertiary/aromatic N) is 3. The summed E-state index contributed by atoms with van der Waals surface area (Å²) in [6.45, 7) is -0.299. The number of nitrogens with two attached hydrogens (primary N) is 2. The van der Waals surface area contributed by atoms with Crippen molar-refractivity contribution in [3.05, 3.63) is 53.5 Å². The van der Waals surface area contributed by atoms with Crippen molar-refractivity contribution >= 4 is 22.8 Å². The maximum Gasteiger partial charge on any atom is 0.320 e. The Hall–Kier alpha value is -3.49. The molecule has 166 valence electrons. The number of aliphatic hydroxyl groups is 2. The highest BCUT2D eigenvalue weighted by atomic mass is 16.5. The van der Waals surface area contributed by atoms with Gasteiger partial charge in [-0.1, -0.05) is 18.1 Å². The van der Waals surface area contributed by atoms with Gasteiger partial charge in [-0.3, -0.25) is 9.36 Å². The number of carboxylic acids is 1. The van der Waals surface area contributed by atoms with Crippen molar-refractivity contribution in [1.82, 2.24) is 14.5 Å². The van der Waals surface area contributed by atoms with Crippen molar-refractivity contribution in [2.75, 3.05) is 12.3 Å². The van der Waals surface area contributed by atoms with Crippen LogP contribution in [0.3, 0.4) is 0 Å². The van der Waals surface area contributed by atoms with E-state index >= 15 is 0 Å². The van der Waals surface area contributed by atoms with Gasteiger partial charge in [0.15, 0.2) is 0 Å². The van der Waals surface area contributed by atoms with Crippen molar-refractivity contribution in [3.63, 3.8) is 0 Å². The topological polar surface area (TPSA) is 170 Å². The molecule has 3 heterocycles. The van der Waals surface area contributed by atoms with Gasteiger partial charge in [0.1, 0.15) is 36.2 Å². The predicted octanol–water partition coefficient (Wildman–Crippen LogP) is 0.00840. The van der Waals surface area contributed by atoms with Crippen LogP contribution in [-0.4, -0.2) is 60.7 Å². The zero-order valence-corrected chi connectivity index (χ0v) is 17.0. The number of ether oxygens (including phenoxy) is 1. The Balaban J connectivity index is 1.66. The third kappa shape index (κ3) is 4.28. The molecular weight excluding hydrogens is 414 g/mol. The fourth-order valence-electron chi connectivity index (χ4n) is 3.68. The van der Waals surface area contributed by atoms with Gasteiger partial charge in [0, 0.05) is 12.0 Å². The Kier molecular flexibility index (Phi) is 6.07. The van der Waals surface area contributed by atoms with Crippen LogP contribution in [0.4, 0.5) is 5.82 Å². The van der Waals surface area contributed by atoms with E-state index in [2.05, 4.69) is 21.8 Å². The SMILES string of the molecule is Nc1ncnc2c1cc(C#Cc1ccc(C[C@H](N)C(=O)O)cc1)n2[C@@H]1C[C@H](O)[C@@H](CO)O1. The molecule has 1 saturated heterocycles. The number of aliphatic carboxylic acids is 1. The molecule has 7 N–H and O–H groups in total. The lowest BCUT2D eigenvalue weighted by molar-refractivity contribution is -0.138. The van der Waals surface area contributed by atoms with Crippen LogP contribution in [-0.2, 0) is 16.0 Å². The zero-order chi connectivity index (χ0) is 22.8. The molecule has 1 aromatic carbocycles. The van der Waals surface area contributed by atoms with E-state index in [0.717, 1.165) is 5.56 Å². The van der Waals surface area contributed by atoms with Gasteiger partial charge in [-0.2, -0.15) is 0 Å². The van der Waals surface area contributed by atoms with Crippen LogP contribution < -0.4 is 11.5 Å². The first-order chi connectivity index (χ1) is 15.4. The molecule has 0 radical (unpaired) electrons. The molecule has 4 rings (SSSR count). The van der Waals surface area contributed by atoms with E-state index in [1.165, 1.54) is 6.33 Å². The third-order valence-electron chi connectivity index (χ3n) is 5.40. The minimum absolute atomic E-state index is 0.225. The van der Waals surface area contributed by atoms with E-state index in [-0.39, 0.29) is 19.4 Å². The monoisotopic (exact) mass is 437 g/mol. The van der Waals surface area contributed by atoms with Gasteiger partial charge in [-0.25, -0.2) is 9.97 Å². The van der Waals surface area contributed by atoms with Crippen molar-refractivity contribution in [2.24, 2.45) is 5.73 Å². The van der Waals surface area contributed by atoms with E-state index in [9.17, 15) is 15.0 Å². The molecular formula is C22H23N5O5. The maximum absolute atomic E-state index is 10.9. The van der Waals surface area contributed by atoms with E-state index in [0.29, 0.717) is 28.1 Å². The van der Waals surface area contributed by atoms with Crippen molar-refractivity contribution in [1.29, 1.82) is 0 Å². The number of hydrogen-bond donors (Lipinski definition) is 5. The number of aromatic nitrogens is 3. The van der Waals surface area contributed by atoms with E-state index in [4.69, 9.17) is 21.3 Å². The van der Waals surface area contributed by atoms with Gasteiger partial charge in [0.2, 0.25) is 0 Å². The quantitative estimate of drug-likeness (QED) is 0.345. The molecule has 32 heavy (non-hydrogen) atoms. The molecule has 0 unspecified atom stereocenters. The number of anilines is 1. The summed E-state index contributed by atoms with van der Waals surface area (Å²) < 4.78 is 7.56. The standard InChI is InChI=1S/C22H23N5O5/c23-16(22(30)31)7-13-3-1-12(2-4-13)5-6-14-8-15-20(24)25-11-26-21(15)27(14)19-9-17(29)18(10-28)32-19/h1-4,8,11,16-19,28-29H,7,9-10,23H2,(H,30,31)(H2,24,25,26)/t16-,17-,18+,19-/m0/s1. The lowest BCUT2D eigenvalue weighted by Gasteiger charge is -2.16. The van der Waals surface area contributed by atoms with E-state index in [1.54, 1.807) is 34.9 Å². The van der Waals surface area contributed by atoms with Gasteiger partial charge in [0.05, 0.1) is 23.8 Å². The lowest BCUT2D eigenvalue weighted by Crippen LogP contribution is -2.32. The minimum Gasteiger partial charge on any atom is -0.480 e. The number of nitrogen functional groups attached to an aromatic ring is 1. The summed E-state index contributed by atoms with van der Waals surface area (Å²) in [5.41, 5.74) is 14.2. The Morgan fingerprint density at radius 3 is 2.69 bits per heavy atom. The van der Waals surface area contributed by atoms with Crippen LogP contribution in [0.25, 0.3) is 11.0 Å². The van der Waals surface area contributed by atoms with Crippen LogP contribution in [0.1, 0.15) is 29.5 Å². The zero-order valence-electron chi connectivity index (χ0n) is 17.0. The largest absolute Gasteiger partial charge is 0.480 e. The average Bonchev–Trinajstić information content (AvgIpc) is 3.33. The minimum atomic E-state index is -1.05. The van der Waals surface area contributed by atoms with Gasteiger partial charge in [0.25, 0.3) is 0 Å². The maximum atomic E-state index is 10.9. The number of rotatable bonds is 5. The number of fused-ring (bicyclic) bond motifs is 1. The second-order valence-electron chi connectivity index (χ2n) is 7.61. The van der Waals surface area contributed by atoms with E-state index in [1.807, 2.05) is 0 Å². The first-order valence-corrected chi connectivity index (χ1v) is 10.0. The summed E-state index contributed by atoms with van der Waals surface area (Å²) in [5.74, 6) is 5.42. The van der Waals surface area contributed by atoms with Gasteiger partial charge < -0.3 is 31.5 Å². The number of carboxylic acid groups (broad SMARTS) is 1. The van der Waals surface area contributed by atoms with Crippen molar-refractivity contribution in [2.45, 2.75) is 37.3 Å². The van der Waals surface area contributed by atoms with Gasteiger partial charge >= 0.3 is 5.97 Å². The highest BCUT2D eigenvalue weighted by molar-refractivity contribution is 5.88. The summed E-state index contributed by atoms with van der Waals surface area (Å²) >= 11 is 0. The molecule has 3 aromatic rings. The van der Waals surface area contributed by atoms with Crippen LogP contribution in [0.15, 0.2) is 36.7 Å². The van der Waals surface area contributed by atoms with Gasteiger partial charge in [-0.15, -0.1) is 0 Å². The molecule has 0 amide bonds. The Bertz CT molecular complexity index is 1200. The smallest absolute Gasteiger partial charge is 0.320 e. The summed E-state index contributed by atoms with van der Waals surface area (Å²) in [4.78, 5) is 19.3. The summed E-state index contributed by atoms with van der Waals surface area (Å²) in [5, 5.41) is 29.2. The molecule has 0 bridgehead atoms. The van der Waals surface area contributed by atoms with Crippen molar-refractivity contribution < 1.29 is 24.9 Å².